The van der Waals surface area contributed by atoms with Crippen LogP contribution in [0.25, 0.3) is 11.1 Å². The van der Waals surface area contributed by atoms with Crippen molar-refractivity contribution in [3.63, 3.8) is 0 Å². The molecule has 1 heterocycles. The number of nitrogens with zero attached hydrogens (tertiary/aromatic N) is 1. The molecule has 0 saturated heterocycles. The minimum Gasteiger partial charge on any atom is -0.466 e. The monoisotopic (exact) mass is 526 g/mol. The average molecular weight is 527 g/mol. The van der Waals surface area contributed by atoms with Crippen LogP contribution in [-0.4, -0.2) is 35.3 Å². The van der Waals surface area contributed by atoms with Crippen LogP contribution in [0.4, 0.5) is 9.18 Å². The molecule has 0 saturated carbocycles. The van der Waals surface area contributed by atoms with E-state index in [1.807, 2.05) is 18.2 Å². The summed E-state index contributed by atoms with van der Waals surface area (Å²) in [6, 6.07) is 14.9. The van der Waals surface area contributed by atoms with Crippen LogP contribution in [0.3, 0.4) is 0 Å². The minimum absolute atomic E-state index is 0.237. The number of rotatable bonds is 9. The van der Waals surface area contributed by atoms with Gasteiger partial charge in [-0.1, -0.05) is 41.9 Å². The third-order valence-electron chi connectivity index (χ3n) is 5.57. The topological polar surface area (TPSA) is 77.5 Å². The number of ether oxygens (including phenoxy) is 2. The highest BCUT2D eigenvalue weighted by atomic mass is 35.5. The maximum Gasteiger partial charge on any atom is 0.407 e. The van der Waals surface area contributed by atoms with E-state index in [0.717, 1.165) is 5.56 Å². The van der Waals surface area contributed by atoms with Crippen LogP contribution < -0.4 is 5.32 Å². The Balaban J connectivity index is 1.86. The number of aromatic nitrogens is 1. The third kappa shape index (κ3) is 8.57. The first-order chi connectivity index (χ1) is 17.6. The summed E-state index contributed by atoms with van der Waals surface area (Å²) in [5, 5.41) is 3.36. The first kappa shape index (κ1) is 28.1. The van der Waals surface area contributed by atoms with E-state index in [1.165, 1.54) is 12.1 Å². The number of esters is 1. The molecule has 1 N–H and O–H groups in total. The van der Waals surface area contributed by atoms with Crippen molar-refractivity contribution in [2.45, 2.75) is 58.1 Å². The van der Waals surface area contributed by atoms with Crippen LogP contribution >= 0.6 is 11.6 Å². The van der Waals surface area contributed by atoms with Gasteiger partial charge in [0, 0.05) is 29.0 Å². The molecule has 0 aliphatic heterocycles. The second-order valence-corrected chi connectivity index (χ2v) is 10.1. The molecule has 0 spiro atoms. The van der Waals surface area contributed by atoms with Gasteiger partial charge < -0.3 is 14.8 Å². The van der Waals surface area contributed by atoms with E-state index in [9.17, 15) is 14.0 Å². The van der Waals surface area contributed by atoms with E-state index >= 15 is 0 Å². The number of pyridine rings is 1. The zero-order chi connectivity index (χ0) is 27.0. The molecular formula is C29H32ClFN2O4. The number of nitrogens with one attached hydrogen (secondary N) is 1. The molecule has 3 rings (SSSR count). The molecule has 0 bridgehead atoms. The fourth-order valence-corrected chi connectivity index (χ4v) is 4.14. The van der Waals surface area contributed by atoms with Crippen molar-refractivity contribution in [2.24, 2.45) is 0 Å². The van der Waals surface area contributed by atoms with Crippen molar-refractivity contribution in [1.82, 2.24) is 10.3 Å². The van der Waals surface area contributed by atoms with Crippen LogP contribution in [0.5, 0.6) is 0 Å². The van der Waals surface area contributed by atoms with Gasteiger partial charge in [0.2, 0.25) is 0 Å². The summed E-state index contributed by atoms with van der Waals surface area (Å²) in [6.07, 6.45) is 3.36. The van der Waals surface area contributed by atoms with Gasteiger partial charge in [0.15, 0.2) is 0 Å². The summed E-state index contributed by atoms with van der Waals surface area (Å²) in [5.74, 6) is -1.39. The van der Waals surface area contributed by atoms with E-state index < -0.39 is 29.6 Å². The molecule has 2 atom stereocenters. The fraction of sp³-hybridized carbons (Fsp3) is 0.345. The molecule has 196 valence electrons. The Morgan fingerprint density at radius 1 is 1.11 bits per heavy atom. The van der Waals surface area contributed by atoms with E-state index in [-0.39, 0.29) is 18.8 Å². The average Bonchev–Trinajstić information content (AvgIpc) is 2.84. The zero-order valence-electron chi connectivity index (χ0n) is 21.5. The van der Waals surface area contributed by atoms with Gasteiger partial charge in [-0.05, 0) is 81.5 Å². The summed E-state index contributed by atoms with van der Waals surface area (Å²) in [7, 11) is 0. The third-order valence-corrected chi connectivity index (χ3v) is 5.81. The normalized spacial score (nSPS) is 12.9. The molecule has 6 nitrogen and oxygen atoms in total. The van der Waals surface area contributed by atoms with Gasteiger partial charge in [-0.15, -0.1) is 0 Å². The van der Waals surface area contributed by atoms with Gasteiger partial charge in [-0.2, -0.15) is 0 Å². The number of alkyl carbamates (subject to hydrolysis) is 1. The van der Waals surface area contributed by atoms with Gasteiger partial charge in [0.1, 0.15) is 11.4 Å². The lowest BCUT2D eigenvalue weighted by atomic mass is 9.90. The molecule has 1 amide bonds. The minimum atomic E-state index is -0.679. The number of amides is 1. The maximum absolute atomic E-state index is 14.3. The highest BCUT2D eigenvalue weighted by molar-refractivity contribution is 6.30. The van der Waals surface area contributed by atoms with Crippen LogP contribution in [0.2, 0.25) is 5.02 Å². The fourth-order valence-electron chi connectivity index (χ4n) is 3.97. The van der Waals surface area contributed by atoms with Gasteiger partial charge in [0.25, 0.3) is 0 Å². The summed E-state index contributed by atoms with van der Waals surface area (Å²) in [4.78, 5) is 29.7. The number of hydrogen-bond acceptors (Lipinski definition) is 5. The summed E-state index contributed by atoms with van der Waals surface area (Å²) in [5.41, 5.74) is 1.99. The van der Waals surface area contributed by atoms with Crippen LogP contribution in [-0.2, 0) is 20.7 Å². The first-order valence-corrected chi connectivity index (χ1v) is 12.5. The van der Waals surface area contributed by atoms with Gasteiger partial charge in [0.05, 0.1) is 12.5 Å². The Morgan fingerprint density at radius 3 is 2.46 bits per heavy atom. The predicted octanol–water partition coefficient (Wildman–Crippen LogP) is 6.71. The zero-order valence-corrected chi connectivity index (χ0v) is 22.2. The number of benzene rings is 2. The Hall–Kier alpha value is -3.45. The molecule has 0 aliphatic rings. The van der Waals surface area contributed by atoms with Crippen molar-refractivity contribution < 1.29 is 23.5 Å². The molecule has 0 radical (unpaired) electrons. The number of carbonyl (C=O) groups is 2. The highest BCUT2D eigenvalue weighted by Crippen LogP contribution is 2.28. The number of carbonyl (C=O) groups excluding carboxylic acids is 2. The van der Waals surface area contributed by atoms with E-state index in [1.54, 1.807) is 64.4 Å². The van der Waals surface area contributed by atoms with Gasteiger partial charge in [-0.25, -0.2) is 9.18 Å². The maximum atomic E-state index is 14.3. The Labute approximate surface area is 222 Å². The smallest absolute Gasteiger partial charge is 0.407 e. The van der Waals surface area contributed by atoms with E-state index in [2.05, 4.69) is 10.3 Å². The van der Waals surface area contributed by atoms with E-state index in [0.29, 0.717) is 28.1 Å². The van der Waals surface area contributed by atoms with Crippen molar-refractivity contribution in [3.8, 4) is 11.1 Å². The lowest BCUT2D eigenvalue weighted by molar-refractivity contribution is -0.145. The molecule has 8 heteroatoms. The summed E-state index contributed by atoms with van der Waals surface area (Å²) >= 11 is 6.05. The van der Waals surface area contributed by atoms with Crippen LogP contribution in [0.15, 0.2) is 67.0 Å². The number of halogens is 2. The lowest BCUT2D eigenvalue weighted by Crippen LogP contribution is -2.41. The standard InChI is InChI=1S/C29H32ClFN2O4/c1-5-36-27(34)25(21-7-6-14-32-18-21)17-23(33-28(35)37-29(2,3)4)15-19-8-10-20(11-9-19)24-16-22(30)12-13-26(24)31/h6-14,16,18,23,25H,5,15,17H2,1-4H3,(H,33,35). The van der Waals surface area contributed by atoms with Crippen molar-refractivity contribution in [3.05, 3.63) is 89.0 Å². The number of hydrogen-bond donors (Lipinski definition) is 1. The second kappa shape index (κ2) is 12.7. The Morgan fingerprint density at radius 2 is 1.84 bits per heavy atom. The van der Waals surface area contributed by atoms with Gasteiger partial charge >= 0.3 is 12.1 Å². The molecular weight excluding hydrogens is 495 g/mol. The summed E-state index contributed by atoms with van der Waals surface area (Å²) in [6.45, 7) is 7.34. The first-order valence-electron chi connectivity index (χ1n) is 12.2. The van der Waals surface area contributed by atoms with Gasteiger partial charge in [-0.3, -0.25) is 9.78 Å². The molecule has 2 aromatic carbocycles. The molecule has 2 unspecified atom stereocenters. The second-order valence-electron chi connectivity index (χ2n) is 9.70. The molecule has 0 aliphatic carbocycles. The molecule has 0 fully saturated rings. The quantitative estimate of drug-likeness (QED) is 0.313. The van der Waals surface area contributed by atoms with Crippen molar-refractivity contribution in [1.29, 1.82) is 0 Å². The molecule has 1 aromatic heterocycles. The molecule has 3 aromatic rings. The lowest BCUT2D eigenvalue weighted by Gasteiger charge is -2.26. The van der Waals surface area contributed by atoms with Crippen LogP contribution in [0.1, 0.15) is 51.2 Å². The SMILES string of the molecule is CCOC(=O)C(CC(Cc1ccc(-c2cc(Cl)ccc2F)cc1)NC(=O)OC(C)(C)C)c1cccnc1. The van der Waals surface area contributed by atoms with E-state index in [4.69, 9.17) is 21.1 Å². The Kier molecular flexibility index (Phi) is 9.64. The van der Waals surface area contributed by atoms with Crippen molar-refractivity contribution in [2.75, 3.05) is 6.61 Å². The van der Waals surface area contributed by atoms with Crippen molar-refractivity contribution >= 4 is 23.7 Å². The molecule has 37 heavy (non-hydrogen) atoms. The largest absolute Gasteiger partial charge is 0.466 e. The van der Waals surface area contributed by atoms with Crippen LogP contribution in [0, 0.1) is 5.82 Å². The Bertz CT molecular complexity index is 1200. The summed E-state index contributed by atoms with van der Waals surface area (Å²) < 4.78 is 25.1. The predicted molar refractivity (Wildman–Crippen MR) is 142 cm³/mol. The highest BCUT2D eigenvalue weighted by Gasteiger charge is 2.28.